The van der Waals surface area contributed by atoms with Crippen LogP contribution in [0.15, 0.2) is 67.3 Å². The van der Waals surface area contributed by atoms with E-state index >= 15 is 0 Å². The molecular weight excluding hydrogens is 312 g/mol. The molecule has 0 unspecified atom stereocenters. The summed E-state index contributed by atoms with van der Waals surface area (Å²) in [6.45, 7) is 0. The molecule has 0 fully saturated rings. The smallest absolute Gasteiger partial charge is 0.248 e. The molecule has 0 radical (unpaired) electrons. The van der Waals surface area contributed by atoms with Crippen molar-refractivity contribution in [1.29, 1.82) is 0 Å². The van der Waals surface area contributed by atoms with Crippen molar-refractivity contribution in [1.82, 2.24) is 14.8 Å². The van der Waals surface area contributed by atoms with Gasteiger partial charge in [0.2, 0.25) is 5.91 Å². The van der Waals surface area contributed by atoms with Crippen LogP contribution in [-0.2, 0) is 4.79 Å². The zero-order chi connectivity index (χ0) is 16.1. The van der Waals surface area contributed by atoms with Crippen LogP contribution in [-0.4, -0.2) is 20.7 Å². The third kappa shape index (κ3) is 4.05. The van der Waals surface area contributed by atoms with Crippen LogP contribution in [0.2, 0.25) is 5.02 Å². The topological polar surface area (TPSA) is 59.8 Å². The summed E-state index contributed by atoms with van der Waals surface area (Å²) in [5.74, 6) is -0.210. The lowest BCUT2D eigenvalue weighted by atomic mass is 10.2. The number of amides is 1. The average molecular weight is 325 g/mol. The molecule has 1 amide bonds. The number of hydrogen-bond donors (Lipinski definition) is 1. The van der Waals surface area contributed by atoms with Crippen molar-refractivity contribution in [2.45, 2.75) is 0 Å². The summed E-state index contributed by atoms with van der Waals surface area (Å²) in [6.07, 6.45) is 6.26. The minimum Gasteiger partial charge on any atom is -0.323 e. The molecule has 5 nitrogen and oxygen atoms in total. The van der Waals surface area contributed by atoms with Crippen molar-refractivity contribution < 1.29 is 4.79 Å². The summed E-state index contributed by atoms with van der Waals surface area (Å²) in [5.41, 5.74) is 2.44. The van der Waals surface area contributed by atoms with E-state index in [9.17, 15) is 4.79 Å². The van der Waals surface area contributed by atoms with E-state index in [1.54, 1.807) is 29.2 Å². The molecule has 0 saturated heterocycles. The van der Waals surface area contributed by atoms with Crippen LogP contribution >= 0.6 is 11.6 Å². The molecule has 0 bridgehead atoms. The SMILES string of the molecule is O=C(/C=C/c1cccc(Cl)c1)Nc1ccc(-n2cncn2)cc1. The molecule has 0 atom stereocenters. The standard InChI is InChI=1S/C17H13ClN4O/c18-14-3-1-2-13(10-14)4-9-17(23)21-15-5-7-16(8-6-15)22-12-19-11-20-22/h1-12H,(H,21,23)/b9-4+. The van der Waals surface area contributed by atoms with Gasteiger partial charge in [0.05, 0.1) is 5.69 Å². The Kier molecular flexibility index (Phi) is 4.49. The van der Waals surface area contributed by atoms with E-state index in [1.807, 2.05) is 36.4 Å². The fourth-order valence-electron chi connectivity index (χ4n) is 2.01. The van der Waals surface area contributed by atoms with Gasteiger partial charge in [0.15, 0.2) is 0 Å². The van der Waals surface area contributed by atoms with Gasteiger partial charge in [0.1, 0.15) is 12.7 Å². The third-order valence-electron chi connectivity index (χ3n) is 3.09. The number of aromatic nitrogens is 3. The average Bonchev–Trinajstić information content (AvgIpc) is 3.08. The monoisotopic (exact) mass is 324 g/mol. The first kappa shape index (κ1) is 15.0. The second-order valence-corrected chi connectivity index (χ2v) is 5.20. The van der Waals surface area contributed by atoms with Crippen LogP contribution in [0.4, 0.5) is 5.69 Å². The Hall–Kier alpha value is -2.92. The molecule has 3 rings (SSSR count). The van der Waals surface area contributed by atoms with Crippen LogP contribution in [0.5, 0.6) is 0 Å². The van der Waals surface area contributed by atoms with Gasteiger partial charge >= 0.3 is 0 Å². The van der Waals surface area contributed by atoms with E-state index in [2.05, 4.69) is 15.4 Å². The molecule has 1 heterocycles. The lowest BCUT2D eigenvalue weighted by Crippen LogP contribution is -2.07. The Morgan fingerprint density at radius 1 is 1.17 bits per heavy atom. The van der Waals surface area contributed by atoms with Crippen LogP contribution < -0.4 is 5.32 Å². The highest BCUT2D eigenvalue weighted by Crippen LogP contribution is 2.14. The predicted octanol–water partition coefficient (Wildman–Crippen LogP) is 3.57. The van der Waals surface area contributed by atoms with Crippen LogP contribution in [0.25, 0.3) is 11.8 Å². The first-order chi connectivity index (χ1) is 11.2. The number of halogens is 1. The van der Waals surface area contributed by atoms with Gasteiger partial charge in [-0.3, -0.25) is 4.79 Å². The minimum absolute atomic E-state index is 0.210. The van der Waals surface area contributed by atoms with E-state index < -0.39 is 0 Å². The Balaban J connectivity index is 1.64. The summed E-state index contributed by atoms with van der Waals surface area (Å²) in [7, 11) is 0. The molecule has 2 aromatic carbocycles. The molecule has 6 heteroatoms. The molecule has 114 valence electrons. The predicted molar refractivity (Wildman–Crippen MR) is 90.5 cm³/mol. The van der Waals surface area contributed by atoms with Gasteiger partial charge in [-0.15, -0.1) is 0 Å². The Bertz CT molecular complexity index is 826. The van der Waals surface area contributed by atoms with Gasteiger partial charge in [-0.2, -0.15) is 5.10 Å². The number of rotatable bonds is 4. The molecule has 3 aromatic rings. The molecule has 0 spiro atoms. The van der Waals surface area contributed by atoms with Crippen molar-refractivity contribution in [3.63, 3.8) is 0 Å². The lowest BCUT2D eigenvalue weighted by molar-refractivity contribution is -0.111. The first-order valence-corrected chi connectivity index (χ1v) is 7.28. The van der Waals surface area contributed by atoms with Crippen molar-refractivity contribution >= 4 is 29.3 Å². The molecule has 0 aliphatic heterocycles. The van der Waals surface area contributed by atoms with Crippen molar-refractivity contribution in [2.24, 2.45) is 0 Å². The van der Waals surface area contributed by atoms with E-state index in [4.69, 9.17) is 11.6 Å². The number of anilines is 1. The van der Waals surface area contributed by atoms with Crippen molar-refractivity contribution in [2.75, 3.05) is 5.32 Å². The quantitative estimate of drug-likeness (QED) is 0.746. The number of carbonyl (C=O) groups is 1. The van der Waals surface area contributed by atoms with Gasteiger partial charge in [-0.05, 0) is 48.0 Å². The van der Waals surface area contributed by atoms with E-state index in [1.165, 1.54) is 12.4 Å². The Morgan fingerprint density at radius 2 is 2.00 bits per heavy atom. The first-order valence-electron chi connectivity index (χ1n) is 6.90. The molecule has 0 aliphatic rings. The molecule has 23 heavy (non-hydrogen) atoms. The van der Waals surface area contributed by atoms with E-state index in [0.717, 1.165) is 11.3 Å². The second-order valence-electron chi connectivity index (χ2n) is 4.76. The van der Waals surface area contributed by atoms with Gasteiger partial charge in [0.25, 0.3) is 0 Å². The van der Waals surface area contributed by atoms with Crippen molar-refractivity contribution in [3.05, 3.63) is 77.8 Å². The summed E-state index contributed by atoms with van der Waals surface area (Å²) in [5, 5.41) is 7.47. The fourth-order valence-corrected chi connectivity index (χ4v) is 2.20. The molecular formula is C17H13ClN4O. The van der Waals surface area contributed by atoms with Crippen LogP contribution in [0.3, 0.4) is 0 Å². The number of nitrogens with one attached hydrogen (secondary N) is 1. The highest BCUT2D eigenvalue weighted by molar-refractivity contribution is 6.30. The Morgan fingerprint density at radius 3 is 2.70 bits per heavy atom. The van der Waals surface area contributed by atoms with Gasteiger partial charge in [-0.25, -0.2) is 9.67 Å². The molecule has 1 N–H and O–H groups in total. The largest absolute Gasteiger partial charge is 0.323 e. The number of hydrogen-bond acceptors (Lipinski definition) is 3. The summed E-state index contributed by atoms with van der Waals surface area (Å²) >= 11 is 5.90. The molecule has 1 aromatic heterocycles. The van der Waals surface area contributed by atoms with Gasteiger partial charge in [-0.1, -0.05) is 23.7 Å². The maximum Gasteiger partial charge on any atom is 0.248 e. The highest BCUT2D eigenvalue weighted by Gasteiger charge is 2.00. The van der Waals surface area contributed by atoms with Crippen LogP contribution in [0, 0.1) is 0 Å². The van der Waals surface area contributed by atoms with E-state index in [-0.39, 0.29) is 5.91 Å². The van der Waals surface area contributed by atoms with Gasteiger partial charge < -0.3 is 5.32 Å². The maximum absolute atomic E-state index is 11.9. The number of nitrogens with zero attached hydrogens (tertiary/aromatic N) is 3. The molecule has 0 aliphatic carbocycles. The maximum atomic E-state index is 11.9. The third-order valence-corrected chi connectivity index (χ3v) is 3.33. The summed E-state index contributed by atoms with van der Waals surface area (Å²) < 4.78 is 1.64. The van der Waals surface area contributed by atoms with Crippen molar-refractivity contribution in [3.8, 4) is 5.69 Å². The summed E-state index contributed by atoms with van der Waals surface area (Å²) in [4.78, 5) is 15.8. The zero-order valence-electron chi connectivity index (χ0n) is 12.1. The Labute approximate surface area is 138 Å². The fraction of sp³-hybridized carbons (Fsp3) is 0. The minimum atomic E-state index is -0.210. The normalized spacial score (nSPS) is 10.8. The van der Waals surface area contributed by atoms with E-state index in [0.29, 0.717) is 10.7 Å². The highest BCUT2D eigenvalue weighted by atomic mass is 35.5. The summed E-state index contributed by atoms with van der Waals surface area (Å²) in [6, 6.07) is 14.6. The van der Waals surface area contributed by atoms with Gasteiger partial charge in [0, 0.05) is 16.8 Å². The lowest BCUT2D eigenvalue weighted by Gasteiger charge is -2.04. The molecule has 0 saturated carbocycles. The van der Waals surface area contributed by atoms with Crippen LogP contribution in [0.1, 0.15) is 5.56 Å². The number of carbonyl (C=O) groups excluding carboxylic acids is 1. The second kappa shape index (κ2) is 6.89. The zero-order valence-corrected chi connectivity index (χ0v) is 12.8. The number of benzene rings is 2.